The largest absolute Gasteiger partial charge is 0.458 e. The first-order chi connectivity index (χ1) is 18.0. The number of carbonyl (C=O) groups is 1. The zero-order valence-electron chi connectivity index (χ0n) is 24.6. The van der Waals surface area contributed by atoms with Crippen LogP contribution >= 0.6 is 0 Å². The summed E-state index contributed by atoms with van der Waals surface area (Å²) in [6.07, 6.45) is 16.5. The Balaban J connectivity index is 1.25. The van der Waals surface area contributed by atoms with Crippen molar-refractivity contribution in [2.75, 3.05) is 11.5 Å². The topological polar surface area (TPSA) is 78.3 Å². The molecule has 4 nitrogen and oxygen atoms in total. The Morgan fingerprint density at radius 1 is 0.974 bits per heavy atom. The van der Waals surface area contributed by atoms with E-state index in [-0.39, 0.29) is 17.5 Å². The molecule has 38 heavy (non-hydrogen) atoms. The van der Waals surface area contributed by atoms with Crippen LogP contribution in [-0.4, -0.2) is 12.1 Å². The number of anilines is 2. The minimum Gasteiger partial charge on any atom is -0.458 e. The number of nitrogen functional groups attached to an aromatic ring is 2. The smallest absolute Gasteiger partial charge is 0.338 e. The van der Waals surface area contributed by atoms with E-state index in [1.165, 1.54) is 51.4 Å². The van der Waals surface area contributed by atoms with E-state index < -0.39 is 0 Å². The molecule has 1 aromatic carbocycles. The maximum atomic E-state index is 12.9. The first kappa shape index (κ1) is 27.6. The molecule has 210 valence electrons. The molecule has 3 saturated carbocycles. The molecule has 8 atom stereocenters. The van der Waals surface area contributed by atoms with Crippen LogP contribution in [0.4, 0.5) is 11.4 Å². The molecule has 0 aromatic heterocycles. The number of hydrogen-bond donors (Lipinski definition) is 2. The first-order valence-corrected chi connectivity index (χ1v) is 15.6. The monoisotopic (exact) mass is 520 g/mol. The van der Waals surface area contributed by atoms with Gasteiger partial charge in [0.25, 0.3) is 0 Å². The van der Waals surface area contributed by atoms with Crippen molar-refractivity contribution in [3.05, 3.63) is 35.4 Å². The van der Waals surface area contributed by atoms with Gasteiger partial charge in [-0.1, -0.05) is 65.5 Å². The molecule has 0 aliphatic heterocycles. The summed E-state index contributed by atoms with van der Waals surface area (Å²) < 4.78 is 6.00. The molecule has 3 fully saturated rings. The number of nitrogens with two attached hydrogens (primary N) is 2. The van der Waals surface area contributed by atoms with Crippen LogP contribution in [0, 0.1) is 46.3 Å². The maximum Gasteiger partial charge on any atom is 0.338 e. The van der Waals surface area contributed by atoms with E-state index in [4.69, 9.17) is 16.2 Å². The second kappa shape index (κ2) is 10.5. The first-order valence-electron chi connectivity index (χ1n) is 15.6. The van der Waals surface area contributed by atoms with Gasteiger partial charge in [0.15, 0.2) is 0 Å². The minimum atomic E-state index is -0.306. The highest BCUT2D eigenvalue weighted by Crippen LogP contribution is 2.67. The molecule has 0 saturated heterocycles. The van der Waals surface area contributed by atoms with E-state index in [9.17, 15) is 4.79 Å². The van der Waals surface area contributed by atoms with Gasteiger partial charge in [0, 0.05) is 17.8 Å². The zero-order valence-corrected chi connectivity index (χ0v) is 24.6. The van der Waals surface area contributed by atoms with Gasteiger partial charge in [-0.25, -0.2) is 4.79 Å². The van der Waals surface area contributed by atoms with Crippen molar-refractivity contribution < 1.29 is 9.53 Å². The third-order valence-electron chi connectivity index (χ3n) is 11.7. The summed E-state index contributed by atoms with van der Waals surface area (Å²) >= 11 is 0. The molecule has 4 N–H and O–H groups in total. The average Bonchev–Trinajstić information content (AvgIpc) is 3.20. The number of hydrogen-bond acceptors (Lipinski definition) is 4. The van der Waals surface area contributed by atoms with E-state index >= 15 is 0 Å². The molecule has 0 heterocycles. The molecule has 0 spiro atoms. The summed E-state index contributed by atoms with van der Waals surface area (Å²) in [7, 11) is 0. The second-order valence-corrected chi connectivity index (χ2v) is 14.4. The number of benzene rings is 1. The Labute approximate surface area is 231 Å². The zero-order chi connectivity index (χ0) is 27.2. The normalized spacial score (nSPS) is 37.1. The van der Waals surface area contributed by atoms with Crippen LogP contribution in [0.5, 0.6) is 0 Å². The Bertz CT molecular complexity index is 1040. The van der Waals surface area contributed by atoms with Gasteiger partial charge in [-0.2, -0.15) is 0 Å². The molecule has 0 amide bonds. The second-order valence-electron chi connectivity index (χ2n) is 14.4. The predicted molar refractivity (Wildman–Crippen MR) is 158 cm³/mol. The number of esters is 1. The molecule has 1 aromatic rings. The van der Waals surface area contributed by atoms with E-state index in [1.54, 1.807) is 23.8 Å². The minimum absolute atomic E-state index is 0.0579. The lowest BCUT2D eigenvalue weighted by Gasteiger charge is -2.58. The molecule has 4 aliphatic carbocycles. The SMILES string of the molecule is CC(C)CCC[C@@H](C)[C@H]1CCC2C3CC=C4CC(OC(=O)c5cc(N)cc(N)c5)CC[C@]4(C)C3CC[C@@]21C. The molecule has 0 radical (unpaired) electrons. The molecule has 4 heteroatoms. The van der Waals surface area contributed by atoms with Gasteiger partial charge >= 0.3 is 5.97 Å². The van der Waals surface area contributed by atoms with Crippen molar-refractivity contribution in [2.24, 2.45) is 46.3 Å². The lowest BCUT2D eigenvalue weighted by molar-refractivity contribution is -0.0594. The van der Waals surface area contributed by atoms with Gasteiger partial charge in [-0.15, -0.1) is 0 Å². The van der Waals surface area contributed by atoms with Crippen molar-refractivity contribution in [3.8, 4) is 0 Å². The van der Waals surface area contributed by atoms with Crippen LogP contribution in [0.2, 0.25) is 0 Å². The van der Waals surface area contributed by atoms with E-state index in [0.29, 0.717) is 22.4 Å². The molecule has 0 bridgehead atoms. The van der Waals surface area contributed by atoms with Crippen LogP contribution in [0.3, 0.4) is 0 Å². The Morgan fingerprint density at radius 3 is 2.42 bits per heavy atom. The fraction of sp³-hybridized carbons (Fsp3) is 0.735. The van der Waals surface area contributed by atoms with E-state index in [2.05, 4.69) is 40.7 Å². The highest BCUT2D eigenvalue weighted by molar-refractivity contribution is 5.91. The van der Waals surface area contributed by atoms with Crippen LogP contribution < -0.4 is 11.5 Å². The van der Waals surface area contributed by atoms with Crippen LogP contribution in [0.25, 0.3) is 0 Å². The summed E-state index contributed by atoms with van der Waals surface area (Å²) in [5.74, 6) is 4.74. The third-order valence-corrected chi connectivity index (χ3v) is 11.7. The average molecular weight is 521 g/mol. The van der Waals surface area contributed by atoms with Crippen molar-refractivity contribution in [3.63, 3.8) is 0 Å². The number of allylic oxidation sites excluding steroid dienone is 1. The predicted octanol–water partition coefficient (Wildman–Crippen LogP) is 8.42. The Hall–Kier alpha value is -1.97. The lowest BCUT2D eigenvalue weighted by atomic mass is 9.47. The summed E-state index contributed by atoms with van der Waals surface area (Å²) in [5, 5.41) is 0. The molecule has 4 unspecified atom stereocenters. The highest BCUT2D eigenvalue weighted by Gasteiger charge is 2.59. The number of fused-ring (bicyclic) bond motifs is 5. The van der Waals surface area contributed by atoms with Gasteiger partial charge in [-0.05, 0) is 109 Å². The van der Waals surface area contributed by atoms with Gasteiger partial charge in [0.05, 0.1) is 5.56 Å². The standard InChI is InChI=1S/C34H52N2O2/c1-21(2)7-6-8-22(3)29-11-12-30-28-10-9-24-19-27(38-32(37)23-17-25(35)20-26(36)18-23)13-15-33(24,4)31(28)14-16-34(29,30)5/h9,17-18,20-22,27-31H,6-8,10-16,19,35-36H2,1-5H3/t22-,27?,28?,29-,30?,31?,33+,34-/m1/s1. The molecule has 5 rings (SSSR count). The molecular formula is C34H52N2O2. The quantitative estimate of drug-likeness (QED) is 0.215. The van der Waals surface area contributed by atoms with Crippen LogP contribution in [0.1, 0.15) is 116 Å². The van der Waals surface area contributed by atoms with Crippen molar-refractivity contribution in [1.29, 1.82) is 0 Å². The number of carbonyl (C=O) groups excluding carboxylic acids is 1. The Kier molecular flexibility index (Phi) is 7.66. The van der Waals surface area contributed by atoms with Crippen molar-refractivity contribution in [2.45, 2.75) is 111 Å². The van der Waals surface area contributed by atoms with Gasteiger partial charge in [-0.3, -0.25) is 0 Å². The van der Waals surface area contributed by atoms with Gasteiger partial charge in [0.1, 0.15) is 6.10 Å². The summed E-state index contributed by atoms with van der Waals surface area (Å²) in [6.45, 7) is 12.5. The number of rotatable bonds is 7. The molecular weight excluding hydrogens is 468 g/mol. The van der Waals surface area contributed by atoms with Crippen molar-refractivity contribution >= 4 is 17.3 Å². The van der Waals surface area contributed by atoms with E-state index in [0.717, 1.165) is 54.8 Å². The van der Waals surface area contributed by atoms with E-state index in [1.807, 2.05) is 0 Å². The fourth-order valence-corrected chi connectivity index (χ4v) is 9.77. The number of ether oxygens (including phenoxy) is 1. The van der Waals surface area contributed by atoms with Gasteiger partial charge < -0.3 is 16.2 Å². The molecule has 4 aliphatic rings. The lowest BCUT2D eigenvalue weighted by Crippen LogP contribution is -2.51. The van der Waals surface area contributed by atoms with Crippen molar-refractivity contribution in [1.82, 2.24) is 0 Å². The van der Waals surface area contributed by atoms with Gasteiger partial charge in [0.2, 0.25) is 0 Å². The van der Waals surface area contributed by atoms with Crippen LogP contribution in [0.15, 0.2) is 29.8 Å². The summed E-state index contributed by atoms with van der Waals surface area (Å²) in [5.41, 5.74) is 15.6. The summed E-state index contributed by atoms with van der Waals surface area (Å²) in [6, 6.07) is 4.99. The maximum absolute atomic E-state index is 12.9. The third kappa shape index (κ3) is 5.02. The Morgan fingerprint density at radius 2 is 1.71 bits per heavy atom. The van der Waals surface area contributed by atoms with Crippen LogP contribution in [-0.2, 0) is 4.74 Å². The highest BCUT2D eigenvalue weighted by atomic mass is 16.5. The fourth-order valence-electron chi connectivity index (χ4n) is 9.77. The summed E-state index contributed by atoms with van der Waals surface area (Å²) in [4.78, 5) is 12.9.